The third-order valence-electron chi connectivity index (χ3n) is 3.04. The van der Waals surface area contributed by atoms with Crippen molar-refractivity contribution in [2.24, 2.45) is 10.2 Å². The van der Waals surface area contributed by atoms with Crippen molar-refractivity contribution in [1.82, 2.24) is 0 Å². The Hall–Kier alpha value is -1.69. The van der Waals surface area contributed by atoms with Crippen molar-refractivity contribution in [2.45, 2.75) is 18.5 Å². The predicted octanol–water partition coefficient (Wildman–Crippen LogP) is 4.80. The number of benzene rings is 1. The zero-order chi connectivity index (χ0) is 13.4. The van der Waals surface area contributed by atoms with Crippen molar-refractivity contribution in [2.75, 3.05) is 0 Å². The summed E-state index contributed by atoms with van der Waals surface area (Å²) >= 11 is 1.53. The lowest BCUT2D eigenvalue weighted by molar-refractivity contribution is 0.499. The largest absolute Gasteiger partial charge is 0.207 e. The second-order valence-corrected chi connectivity index (χ2v) is 5.28. The highest BCUT2D eigenvalue weighted by Gasteiger charge is 2.30. The maximum absolute atomic E-state index is 13.7. The van der Waals surface area contributed by atoms with E-state index >= 15 is 0 Å². The van der Waals surface area contributed by atoms with Crippen molar-refractivity contribution in [3.63, 3.8) is 0 Å². The van der Waals surface area contributed by atoms with E-state index in [-0.39, 0.29) is 11.6 Å². The standard InChI is InChI=1S/C13H9F3N2S/c14-7-4-8(15)13(9(16)5-7)11-6-10(17-18-11)12-2-1-3-19-12/h1-5,10-11H,6H2. The maximum atomic E-state index is 13.7. The van der Waals surface area contributed by atoms with E-state index in [1.807, 2.05) is 17.5 Å². The zero-order valence-corrected chi connectivity index (χ0v) is 10.5. The molecule has 0 radical (unpaired) electrons. The van der Waals surface area contributed by atoms with E-state index in [9.17, 15) is 13.2 Å². The maximum Gasteiger partial charge on any atom is 0.134 e. The van der Waals surface area contributed by atoms with Gasteiger partial charge >= 0.3 is 0 Å². The molecule has 0 aliphatic carbocycles. The van der Waals surface area contributed by atoms with Crippen LogP contribution in [0.15, 0.2) is 39.9 Å². The van der Waals surface area contributed by atoms with E-state index in [4.69, 9.17) is 0 Å². The average Bonchev–Trinajstić information content (AvgIpc) is 2.97. The SMILES string of the molecule is Fc1cc(F)c(C2CC(c3cccs3)N=N2)c(F)c1. The van der Waals surface area contributed by atoms with E-state index < -0.39 is 23.5 Å². The Kier molecular flexibility index (Phi) is 3.10. The average molecular weight is 282 g/mol. The summed E-state index contributed by atoms with van der Waals surface area (Å²) in [6.45, 7) is 0. The van der Waals surface area contributed by atoms with Crippen LogP contribution in [-0.4, -0.2) is 0 Å². The van der Waals surface area contributed by atoms with Crippen LogP contribution < -0.4 is 0 Å². The normalized spacial score (nSPS) is 22.1. The van der Waals surface area contributed by atoms with Gasteiger partial charge in [-0.3, -0.25) is 0 Å². The van der Waals surface area contributed by atoms with Gasteiger partial charge in [-0.15, -0.1) is 11.3 Å². The quantitative estimate of drug-likeness (QED) is 0.755. The molecule has 2 unspecified atom stereocenters. The fourth-order valence-electron chi connectivity index (χ4n) is 2.17. The summed E-state index contributed by atoms with van der Waals surface area (Å²) in [5, 5.41) is 9.89. The molecule has 0 N–H and O–H groups in total. The molecule has 0 spiro atoms. The molecule has 0 saturated heterocycles. The molecule has 2 atom stereocenters. The molecule has 2 nitrogen and oxygen atoms in total. The number of hydrogen-bond donors (Lipinski definition) is 0. The first-order chi connectivity index (χ1) is 9.15. The minimum absolute atomic E-state index is 0.172. The van der Waals surface area contributed by atoms with Gasteiger partial charge in [-0.1, -0.05) is 6.07 Å². The Labute approximate surface area is 111 Å². The highest BCUT2D eigenvalue weighted by Crippen LogP contribution is 2.41. The summed E-state index contributed by atoms with van der Waals surface area (Å²) in [7, 11) is 0. The predicted molar refractivity (Wildman–Crippen MR) is 65.6 cm³/mol. The van der Waals surface area contributed by atoms with E-state index in [1.165, 1.54) is 11.3 Å². The summed E-state index contributed by atoms with van der Waals surface area (Å²) in [4.78, 5) is 1.01. The molecule has 6 heteroatoms. The summed E-state index contributed by atoms with van der Waals surface area (Å²) in [5.74, 6) is -2.75. The molecule has 1 aliphatic rings. The topological polar surface area (TPSA) is 24.7 Å². The number of hydrogen-bond acceptors (Lipinski definition) is 3. The van der Waals surface area contributed by atoms with Gasteiger partial charge in [-0.05, 0) is 11.4 Å². The molecule has 0 amide bonds. The zero-order valence-electron chi connectivity index (χ0n) is 9.69. The minimum Gasteiger partial charge on any atom is -0.207 e. The van der Waals surface area contributed by atoms with Crippen LogP contribution in [0.4, 0.5) is 13.2 Å². The smallest absolute Gasteiger partial charge is 0.134 e. The molecule has 1 aromatic carbocycles. The number of azo groups is 1. The van der Waals surface area contributed by atoms with Crippen LogP contribution in [0.5, 0.6) is 0 Å². The summed E-state index contributed by atoms with van der Waals surface area (Å²) in [6, 6.07) is 4.29. The van der Waals surface area contributed by atoms with E-state index in [0.29, 0.717) is 18.6 Å². The van der Waals surface area contributed by atoms with Gasteiger partial charge in [0, 0.05) is 23.4 Å². The van der Waals surface area contributed by atoms with Crippen LogP contribution in [0.25, 0.3) is 0 Å². The van der Waals surface area contributed by atoms with Crippen LogP contribution in [-0.2, 0) is 0 Å². The van der Waals surface area contributed by atoms with Crippen molar-refractivity contribution >= 4 is 11.3 Å². The fourth-order valence-corrected chi connectivity index (χ4v) is 2.94. The van der Waals surface area contributed by atoms with E-state index in [0.717, 1.165) is 4.88 Å². The number of rotatable bonds is 2. The lowest BCUT2D eigenvalue weighted by Gasteiger charge is -2.10. The third-order valence-corrected chi connectivity index (χ3v) is 4.01. The Balaban J connectivity index is 1.88. The van der Waals surface area contributed by atoms with Gasteiger partial charge in [-0.2, -0.15) is 10.2 Å². The van der Waals surface area contributed by atoms with Gasteiger partial charge < -0.3 is 0 Å². The fraction of sp³-hybridized carbons (Fsp3) is 0.231. The highest BCUT2D eigenvalue weighted by atomic mass is 32.1. The number of thiophene rings is 1. The molecule has 2 aromatic rings. The summed E-state index contributed by atoms with van der Waals surface area (Å²) in [5.41, 5.74) is -0.204. The lowest BCUT2D eigenvalue weighted by atomic mass is 10.00. The first kappa shape index (κ1) is 12.3. The van der Waals surface area contributed by atoms with Crippen molar-refractivity contribution < 1.29 is 13.2 Å². The Morgan fingerprint density at radius 3 is 2.37 bits per heavy atom. The second kappa shape index (κ2) is 4.77. The first-order valence-corrected chi connectivity index (χ1v) is 6.61. The van der Waals surface area contributed by atoms with Gasteiger partial charge in [-0.25, -0.2) is 13.2 Å². The molecule has 19 heavy (non-hydrogen) atoms. The third kappa shape index (κ3) is 2.28. The van der Waals surface area contributed by atoms with Crippen LogP contribution in [0.1, 0.15) is 28.9 Å². The molecule has 3 rings (SSSR count). The minimum atomic E-state index is -0.927. The van der Waals surface area contributed by atoms with Gasteiger partial charge in [0.15, 0.2) is 0 Å². The van der Waals surface area contributed by atoms with Crippen LogP contribution >= 0.6 is 11.3 Å². The molecule has 1 aromatic heterocycles. The monoisotopic (exact) mass is 282 g/mol. The Morgan fingerprint density at radius 1 is 1.05 bits per heavy atom. The van der Waals surface area contributed by atoms with Gasteiger partial charge in [0.2, 0.25) is 0 Å². The van der Waals surface area contributed by atoms with Crippen LogP contribution in [0.3, 0.4) is 0 Å². The van der Waals surface area contributed by atoms with E-state index in [2.05, 4.69) is 10.2 Å². The van der Waals surface area contributed by atoms with Crippen LogP contribution in [0, 0.1) is 17.5 Å². The van der Waals surface area contributed by atoms with Gasteiger partial charge in [0.05, 0.1) is 5.56 Å². The van der Waals surface area contributed by atoms with E-state index in [1.54, 1.807) is 0 Å². The molecular formula is C13H9F3N2S. The second-order valence-electron chi connectivity index (χ2n) is 4.30. The summed E-state index contributed by atoms with van der Waals surface area (Å²) < 4.78 is 40.2. The molecule has 0 fully saturated rings. The molecule has 98 valence electrons. The molecule has 0 saturated carbocycles. The molecular weight excluding hydrogens is 273 g/mol. The first-order valence-electron chi connectivity index (χ1n) is 5.73. The van der Waals surface area contributed by atoms with Crippen LogP contribution in [0.2, 0.25) is 0 Å². The van der Waals surface area contributed by atoms with Crippen molar-refractivity contribution in [3.8, 4) is 0 Å². The van der Waals surface area contributed by atoms with Gasteiger partial charge in [0.1, 0.15) is 29.5 Å². The summed E-state index contributed by atoms with van der Waals surface area (Å²) in [6.07, 6.45) is 0.403. The highest BCUT2D eigenvalue weighted by molar-refractivity contribution is 7.10. The Morgan fingerprint density at radius 2 is 1.74 bits per heavy atom. The lowest BCUT2D eigenvalue weighted by Crippen LogP contribution is -2.03. The van der Waals surface area contributed by atoms with Crippen molar-refractivity contribution in [1.29, 1.82) is 0 Å². The number of halogens is 3. The van der Waals surface area contributed by atoms with Crippen molar-refractivity contribution in [3.05, 3.63) is 57.5 Å². The number of nitrogens with zero attached hydrogens (tertiary/aromatic N) is 2. The molecule has 0 bridgehead atoms. The Bertz CT molecular complexity index is 602. The van der Waals surface area contributed by atoms with Gasteiger partial charge in [0.25, 0.3) is 0 Å². The molecule has 1 aliphatic heterocycles. The molecule has 2 heterocycles.